The van der Waals surface area contributed by atoms with Crippen molar-refractivity contribution in [1.82, 2.24) is 0 Å². The van der Waals surface area contributed by atoms with Crippen LogP contribution in [0.5, 0.6) is 5.75 Å². The second-order valence-corrected chi connectivity index (χ2v) is 6.25. The molecule has 0 amide bonds. The van der Waals surface area contributed by atoms with Crippen molar-refractivity contribution in [3.05, 3.63) is 59.7 Å². The van der Waals surface area contributed by atoms with Gasteiger partial charge in [0.25, 0.3) is 0 Å². The van der Waals surface area contributed by atoms with Crippen molar-refractivity contribution >= 4 is 33.0 Å². The van der Waals surface area contributed by atoms with Crippen LogP contribution in [0, 0.1) is 0 Å². The molecule has 0 aliphatic heterocycles. The summed E-state index contributed by atoms with van der Waals surface area (Å²) in [6.07, 6.45) is 2.12. The molecule has 0 saturated carbocycles. The number of hydrogen-bond acceptors (Lipinski definition) is 2. The van der Waals surface area contributed by atoms with Crippen molar-refractivity contribution in [2.45, 2.75) is 12.4 Å². The topological polar surface area (TPSA) is 9.23 Å². The number of benzene rings is 2. The van der Waals surface area contributed by atoms with Gasteiger partial charge in [0.1, 0.15) is 0 Å². The van der Waals surface area contributed by atoms with Crippen molar-refractivity contribution in [3.8, 4) is 5.75 Å². The van der Waals surface area contributed by atoms with E-state index in [2.05, 4.69) is 36.6 Å². The minimum atomic E-state index is 0.639. The number of ether oxygens (including phenoxy) is 1. The van der Waals surface area contributed by atoms with E-state index in [1.807, 2.05) is 30.0 Å². The summed E-state index contributed by atoms with van der Waals surface area (Å²) < 4.78 is 7.17. The van der Waals surface area contributed by atoms with Gasteiger partial charge in [-0.2, -0.15) is 0 Å². The fourth-order valence-corrected chi connectivity index (χ4v) is 2.76. The van der Waals surface area contributed by atoms with E-state index >= 15 is 0 Å². The molecule has 1 nitrogen and oxygen atoms in total. The van der Waals surface area contributed by atoms with Crippen LogP contribution in [0.1, 0.15) is 11.1 Å². The van der Waals surface area contributed by atoms with Gasteiger partial charge in [0.2, 0.25) is 0 Å². The van der Waals surface area contributed by atoms with Crippen LogP contribution in [0.3, 0.4) is 0 Å². The maximum absolute atomic E-state index is 5.92. The minimum absolute atomic E-state index is 0.639. The van der Waals surface area contributed by atoms with Crippen LogP contribution in [0.2, 0.25) is 0 Å². The Bertz CT molecular complexity index is 499. The summed E-state index contributed by atoms with van der Waals surface area (Å²) in [5.41, 5.74) is 2.53. The van der Waals surface area contributed by atoms with Crippen LogP contribution in [0.4, 0.5) is 0 Å². The molecule has 0 aliphatic carbocycles. The zero-order valence-corrected chi connectivity index (χ0v) is 13.7. The molecule has 0 N–H and O–H groups in total. The summed E-state index contributed by atoms with van der Waals surface area (Å²) in [6, 6.07) is 16.8. The van der Waals surface area contributed by atoms with Gasteiger partial charge in [-0.1, -0.05) is 0 Å². The summed E-state index contributed by atoms with van der Waals surface area (Å²) in [7, 11) is 0. The molecule has 0 spiro atoms. The Balaban J connectivity index is 2.06. The van der Waals surface area contributed by atoms with E-state index in [0.717, 1.165) is 11.5 Å². The van der Waals surface area contributed by atoms with Crippen LogP contribution in [-0.2, 0) is 12.4 Å². The average molecular weight is 320 g/mol. The zero-order chi connectivity index (χ0) is 12.8. The van der Waals surface area contributed by atoms with Crippen LogP contribution < -0.4 is 9.09 Å². The molecular weight excluding hydrogens is 303 g/mol. The van der Waals surface area contributed by atoms with E-state index in [4.69, 9.17) is 4.74 Å². The van der Waals surface area contributed by atoms with E-state index in [1.165, 1.54) is 15.5 Å². The van der Waals surface area contributed by atoms with Gasteiger partial charge >= 0.3 is 122 Å². The van der Waals surface area contributed by atoms with E-state index in [0.29, 0.717) is 6.61 Å². The first-order valence-corrected chi connectivity index (χ1v) is 8.44. The molecule has 0 heterocycles. The predicted octanol–water partition coefficient (Wildman–Crippen LogP) is 2.39. The van der Waals surface area contributed by atoms with E-state index in [9.17, 15) is 0 Å². The SMILES string of the molecule is CSCc1ccc([AsH2])c(OCc2ccccc2)c1. The molecule has 2 aromatic rings. The van der Waals surface area contributed by atoms with Crippen molar-refractivity contribution < 1.29 is 4.74 Å². The summed E-state index contributed by atoms with van der Waals surface area (Å²) in [4.78, 5) is 0. The molecule has 0 saturated heterocycles. The molecule has 0 radical (unpaired) electrons. The molecule has 0 aromatic heterocycles. The fraction of sp³-hybridized carbons (Fsp3) is 0.200. The van der Waals surface area contributed by atoms with Gasteiger partial charge in [-0.3, -0.25) is 0 Å². The molecule has 94 valence electrons. The molecule has 18 heavy (non-hydrogen) atoms. The molecule has 0 bridgehead atoms. The Hall–Kier alpha value is -0.852. The fourth-order valence-electron chi connectivity index (χ4n) is 1.70. The molecule has 3 heteroatoms. The summed E-state index contributed by atoms with van der Waals surface area (Å²) in [5.74, 6) is 2.06. The van der Waals surface area contributed by atoms with Gasteiger partial charge in [0.15, 0.2) is 0 Å². The van der Waals surface area contributed by atoms with E-state index in [1.54, 1.807) is 16.9 Å². The van der Waals surface area contributed by atoms with Crippen molar-refractivity contribution in [2.24, 2.45) is 0 Å². The Kier molecular flexibility index (Phi) is 5.22. The summed E-state index contributed by atoms with van der Waals surface area (Å²) in [6.45, 7) is 0.639. The van der Waals surface area contributed by atoms with Gasteiger partial charge in [-0.05, 0) is 0 Å². The quantitative estimate of drug-likeness (QED) is 0.783. The molecule has 2 aromatic carbocycles. The van der Waals surface area contributed by atoms with E-state index < -0.39 is 0 Å². The van der Waals surface area contributed by atoms with Gasteiger partial charge in [-0.25, -0.2) is 0 Å². The Labute approximate surface area is 121 Å². The Morgan fingerprint density at radius 2 is 1.83 bits per heavy atom. The summed E-state index contributed by atoms with van der Waals surface area (Å²) >= 11 is 3.44. The zero-order valence-electron chi connectivity index (χ0n) is 10.4. The van der Waals surface area contributed by atoms with Crippen LogP contribution >= 0.6 is 11.8 Å². The van der Waals surface area contributed by atoms with Crippen LogP contribution in [0.25, 0.3) is 0 Å². The van der Waals surface area contributed by atoms with Crippen LogP contribution in [-0.4, -0.2) is 23.1 Å². The molecule has 2 rings (SSSR count). The maximum atomic E-state index is 5.92. The van der Waals surface area contributed by atoms with Crippen LogP contribution in [0.15, 0.2) is 48.5 Å². The second kappa shape index (κ2) is 6.92. The molecule has 0 aliphatic rings. The first-order valence-electron chi connectivity index (χ1n) is 5.83. The van der Waals surface area contributed by atoms with Gasteiger partial charge in [-0.15, -0.1) is 0 Å². The molecule has 1 unspecified atom stereocenters. The van der Waals surface area contributed by atoms with Crippen molar-refractivity contribution in [1.29, 1.82) is 0 Å². The third-order valence-corrected chi connectivity index (χ3v) is 4.25. The predicted molar refractivity (Wildman–Crippen MR) is 82.6 cm³/mol. The monoisotopic (exact) mass is 320 g/mol. The normalized spacial score (nSPS) is 10.3. The molecular formula is C15H17AsOS. The average Bonchev–Trinajstić information content (AvgIpc) is 2.41. The second-order valence-electron chi connectivity index (χ2n) is 4.08. The van der Waals surface area contributed by atoms with Crippen molar-refractivity contribution in [2.75, 3.05) is 6.26 Å². The third kappa shape index (κ3) is 3.83. The first-order chi connectivity index (χ1) is 8.79. The van der Waals surface area contributed by atoms with Gasteiger partial charge in [0.05, 0.1) is 0 Å². The number of hydrogen-bond donors (Lipinski definition) is 0. The van der Waals surface area contributed by atoms with Gasteiger partial charge < -0.3 is 0 Å². The molecule has 0 fully saturated rings. The van der Waals surface area contributed by atoms with E-state index in [-0.39, 0.29) is 0 Å². The Morgan fingerprint density at radius 3 is 2.56 bits per heavy atom. The summed E-state index contributed by atoms with van der Waals surface area (Å²) in [5, 5.41) is 0. The third-order valence-electron chi connectivity index (χ3n) is 2.63. The molecule has 1 atom stereocenters. The Morgan fingerprint density at radius 1 is 1.06 bits per heavy atom. The van der Waals surface area contributed by atoms with Crippen molar-refractivity contribution in [3.63, 3.8) is 0 Å². The standard InChI is InChI=1S/C15H17AsOS/c1-18-11-13-7-8-14(16)15(9-13)17-10-12-5-3-2-4-6-12/h2-9H,10-11,16H2,1H3. The van der Waals surface area contributed by atoms with Gasteiger partial charge in [0, 0.05) is 0 Å². The number of thioether (sulfide) groups is 1. The first kappa shape index (κ1) is 13.6. The number of rotatable bonds is 5.